The first-order valence-corrected chi connectivity index (χ1v) is 8.23. The van der Waals surface area contributed by atoms with Crippen LogP contribution in [0.15, 0.2) is 0 Å². The first-order chi connectivity index (χ1) is 8.80. The largest absolute Gasteiger partial charge is 0.317 e. The van der Waals surface area contributed by atoms with Gasteiger partial charge in [0.05, 0.1) is 0 Å². The molecule has 2 nitrogen and oxygen atoms in total. The maximum absolute atomic E-state index is 3.47. The summed E-state index contributed by atoms with van der Waals surface area (Å²) in [4.78, 5) is 2.71. The van der Waals surface area contributed by atoms with Crippen LogP contribution in [0.2, 0.25) is 0 Å². The molecule has 0 saturated carbocycles. The van der Waals surface area contributed by atoms with Crippen LogP contribution in [-0.4, -0.2) is 37.6 Å². The number of unbranched alkanes of at least 4 members (excludes halogenated alkanes) is 1. The van der Waals surface area contributed by atoms with Gasteiger partial charge in [-0.05, 0) is 50.7 Å². The number of hydrogen-bond donors (Lipinski definition) is 1. The quantitative estimate of drug-likeness (QED) is 0.677. The zero-order chi connectivity index (χ0) is 13.2. The van der Waals surface area contributed by atoms with Crippen molar-refractivity contribution in [3.05, 3.63) is 0 Å². The lowest BCUT2D eigenvalue weighted by Gasteiger charge is -2.31. The molecule has 1 aliphatic rings. The van der Waals surface area contributed by atoms with Crippen molar-refractivity contribution >= 4 is 0 Å². The summed E-state index contributed by atoms with van der Waals surface area (Å²) >= 11 is 0. The number of piperidine rings is 1. The molecular weight excluding hydrogens is 220 g/mol. The lowest BCUT2D eigenvalue weighted by molar-refractivity contribution is 0.180. The van der Waals surface area contributed by atoms with Gasteiger partial charge in [-0.3, -0.25) is 0 Å². The first-order valence-electron chi connectivity index (χ1n) is 8.23. The summed E-state index contributed by atoms with van der Waals surface area (Å²) < 4.78 is 0. The Balaban J connectivity index is 2.29. The van der Waals surface area contributed by atoms with Crippen molar-refractivity contribution in [2.24, 2.45) is 11.8 Å². The SMILES string of the molecule is CCCCC(CC)CN(CC)CC1CCNCC1. The van der Waals surface area contributed by atoms with E-state index >= 15 is 0 Å². The molecule has 1 unspecified atom stereocenters. The maximum atomic E-state index is 3.47. The van der Waals surface area contributed by atoms with Gasteiger partial charge in [0, 0.05) is 13.1 Å². The molecule has 0 aromatic heterocycles. The van der Waals surface area contributed by atoms with E-state index in [4.69, 9.17) is 0 Å². The van der Waals surface area contributed by atoms with E-state index in [2.05, 4.69) is 31.0 Å². The van der Waals surface area contributed by atoms with Crippen molar-refractivity contribution in [2.45, 2.75) is 59.3 Å². The van der Waals surface area contributed by atoms with Crippen molar-refractivity contribution in [2.75, 3.05) is 32.7 Å². The molecule has 18 heavy (non-hydrogen) atoms. The van der Waals surface area contributed by atoms with Gasteiger partial charge in [0.2, 0.25) is 0 Å². The van der Waals surface area contributed by atoms with Crippen molar-refractivity contribution in [1.29, 1.82) is 0 Å². The molecule has 108 valence electrons. The topological polar surface area (TPSA) is 15.3 Å². The van der Waals surface area contributed by atoms with Gasteiger partial charge in [0.15, 0.2) is 0 Å². The zero-order valence-corrected chi connectivity index (χ0v) is 12.9. The predicted molar refractivity (Wildman–Crippen MR) is 81.0 cm³/mol. The average molecular weight is 254 g/mol. The molecule has 1 heterocycles. The van der Waals surface area contributed by atoms with Gasteiger partial charge in [-0.15, -0.1) is 0 Å². The molecule has 0 spiro atoms. The van der Waals surface area contributed by atoms with Gasteiger partial charge in [0.25, 0.3) is 0 Å². The lowest BCUT2D eigenvalue weighted by atomic mass is 9.95. The van der Waals surface area contributed by atoms with Crippen molar-refractivity contribution in [3.63, 3.8) is 0 Å². The van der Waals surface area contributed by atoms with E-state index in [-0.39, 0.29) is 0 Å². The maximum Gasteiger partial charge on any atom is 0.00106 e. The van der Waals surface area contributed by atoms with Crippen molar-refractivity contribution < 1.29 is 0 Å². The van der Waals surface area contributed by atoms with E-state index in [0.717, 1.165) is 11.8 Å². The standard InChI is InChI=1S/C16H34N2/c1-4-7-8-15(5-2)13-18(6-3)14-16-9-11-17-12-10-16/h15-17H,4-14H2,1-3H3. The molecule has 1 aliphatic heterocycles. The minimum Gasteiger partial charge on any atom is -0.317 e. The second kappa shape index (κ2) is 9.80. The number of nitrogens with zero attached hydrogens (tertiary/aromatic N) is 1. The summed E-state index contributed by atoms with van der Waals surface area (Å²) in [5, 5.41) is 3.47. The van der Waals surface area contributed by atoms with E-state index in [0.29, 0.717) is 0 Å². The van der Waals surface area contributed by atoms with Gasteiger partial charge in [-0.2, -0.15) is 0 Å². The fraction of sp³-hybridized carbons (Fsp3) is 1.00. The van der Waals surface area contributed by atoms with Gasteiger partial charge in [-0.1, -0.05) is 40.0 Å². The Morgan fingerprint density at radius 1 is 1.17 bits per heavy atom. The first kappa shape index (κ1) is 16.0. The summed E-state index contributed by atoms with van der Waals surface area (Å²) in [7, 11) is 0. The second-order valence-corrected chi connectivity index (χ2v) is 5.96. The summed E-state index contributed by atoms with van der Waals surface area (Å²) in [6.45, 7) is 13.3. The van der Waals surface area contributed by atoms with E-state index in [1.807, 2.05) is 0 Å². The highest BCUT2D eigenvalue weighted by atomic mass is 15.1. The molecule has 2 heteroatoms. The molecule has 1 rings (SSSR count). The summed E-state index contributed by atoms with van der Waals surface area (Å²) in [6.07, 6.45) is 8.28. The molecule has 0 aromatic carbocycles. The highest BCUT2D eigenvalue weighted by Gasteiger charge is 2.18. The van der Waals surface area contributed by atoms with Crippen LogP contribution in [0.25, 0.3) is 0 Å². The summed E-state index contributed by atoms with van der Waals surface area (Å²) in [5.41, 5.74) is 0. The Morgan fingerprint density at radius 3 is 2.44 bits per heavy atom. The highest BCUT2D eigenvalue weighted by Crippen LogP contribution is 2.18. The minimum atomic E-state index is 0.923. The van der Waals surface area contributed by atoms with E-state index in [1.165, 1.54) is 71.2 Å². The molecule has 0 aromatic rings. The third-order valence-electron chi connectivity index (χ3n) is 4.48. The van der Waals surface area contributed by atoms with Crippen LogP contribution in [0.4, 0.5) is 0 Å². The average Bonchev–Trinajstić information content (AvgIpc) is 2.43. The Labute approximate surface area is 115 Å². The third-order valence-corrected chi connectivity index (χ3v) is 4.48. The van der Waals surface area contributed by atoms with Crippen LogP contribution < -0.4 is 5.32 Å². The lowest BCUT2D eigenvalue weighted by Crippen LogP contribution is -2.38. The van der Waals surface area contributed by atoms with Crippen LogP contribution in [0.3, 0.4) is 0 Å². The molecule has 0 bridgehead atoms. The second-order valence-electron chi connectivity index (χ2n) is 5.96. The van der Waals surface area contributed by atoms with E-state index in [9.17, 15) is 0 Å². The third kappa shape index (κ3) is 6.19. The van der Waals surface area contributed by atoms with Crippen molar-refractivity contribution in [1.82, 2.24) is 10.2 Å². The molecule has 0 radical (unpaired) electrons. The van der Waals surface area contributed by atoms with Gasteiger partial charge < -0.3 is 10.2 Å². The minimum absolute atomic E-state index is 0.923. The molecule has 1 atom stereocenters. The van der Waals surface area contributed by atoms with Gasteiger partial charge in [-0.25, -0.2) is 0 Å². The molecule has 0 amide bonds. The van der Waals surface area contributed by atoms with E-state index in [1.54, 1.807) is 0 Å². The summed E-state index contributed by atoms with van der Waals surface area (Å²) in [5.74, 6) is 1.86. The van der Waals surface area contributed by atoms with Crippen LogP contribution in [-0.2, 0) is 0 Å². The van der Waals surface area contributed by atoms with Crippen LogP contribution in [0.5, 0.6) is 0 Å². The smallest absolute Gasteiger partial charge is 0.00106 e. The number of nitrogens with one attached hydrogen (secondary N) is 1. The Kier molecular flexibility index (Phi) is 8.70. The monoisotopic (exact) mass is 254 g/mol. The van der Waals surface area contributed by atoms with Gasteiger partial charge in [0.1, 0.15) is 0 Å². The highest BCUT2D eigenvalue weighted by molar-refractivity contribution is 4.73. The van der Waals surface area contributed by atoms with Gasteiger partial charge >= 0.3 is 0 Å². The Bertz CT molecular complexity index is 188. The fourth-order valence-corrected chi connectivity index (χ4v) is 3.04. The van der Waals surface area contributed by atoms with Crippen LogP contribution >= 0.6 is 0 Å². The molecule has 0 aliphatic carbocycles. The normalized spacial score (nSPS) is 19.3. The molecular formula is C16H34N2. The molecule has 1 fully saturated rings. The Hall–Kier alpha value is -0.0800. The molecule has 1 saturated heterocycles. The number of rotatable bonds is 9. The summed E-state index contributed by atoms with van der Waals surface area (Å²) in [6, 6.07) is 0. The zero-order valence-electron chi connectivity index (χ0n) is 12.9. The van der Waals surface area contributed by atoms with Crippen molar-refractivity contribution in [3.8, 4) is 0 Å². The molecule has 1 N–H and O–H groups in total. The van der Waals surface area contributed by atoms with Crippen LogP contribution in [0, 0.1) is 11.8 Å². The Morgan fingerprint density at radius 2 is 1.89 bits per heavy atom. The fourth-order valence-electron chi connectivity index (χ4n) is 3.04. The van der Waals surface area contributed by atoms with Crippen LogP contribution in [0.1, 0.15) is 59.3 Å². The predicted octanol–water partition coefficient (Wildman–Crippen LogP) is 3.52. The van der Waals surface area contributed by atoms with E-state index < -0.39 is 0 Å². The number of hydrogen-bond acceptors (Lipinski definition) is 2.